The maximum atomic E-state index is 13.0. The third kappa shape index (κ3) is 3.52. The van der Waals surface area contributed by atoms with Crippen molar-refractivity contribution in [3.63, 3.8) is 0 Å². The maximum absolute atomic E-state index is 13.0. The molecule has 0 spiro atoms. The Hall–Kier alpha value is -1.07. The summed E-state index contributed by atoms with van der Waals surface area (Å²) in [6.45, 7) is 7.55. The lowest BCUT2D eigenvalue weighted by Crippen LogP contribution is -2.38. The van der Waals surface area contributed by atoms with E-state index in [9.17, 15) is 9.18 Å². The van der Waals surface area contributed by atoms with Crippen LogP contribution in [0.15, 0.2) is 24.3 Å². The molecule has 5 heteroatoms. The smallest absolute Gasteiger partial charge is 0.236 e. The lowest BCUT2D eigenvalue weighted by molar-refractivity contribution is -0.129. The number of benzene rings is 1. The minimum Gasteiger partial charge on any atom is -0.324 e. The fourth-order valence-corrected chi connectivity index (χ4v) is 3.57. The topological polar surface area (TPSA) is 32.3 Å². The first-order valence-corrected chi connectivity index (χ1v) is 7.88. The first-order valence-electron chi connectivity index (χ1n) is 6.94. The molecule has 1 aromatic rings. The summed E-state index contributed by atoms with van der Waals surface area (Å²) in [4.78, 5) is 14.1. The zero-order valence-electron chi connectivity index (χ0n) is 12.1. The molecule has 1 amide bonds. The Balaban J connectivity index is 2.09. The van der Waals surface area contributed by atoms with E-state index in [0.717, 1.165) is 12.1 Å². The van der Waals surface area contributed by atoms with Crippen LogP contribution in [-0.2, 0) is 4.79 Å². The predicted octanol–water partition coefficient (Wildman–Crippen LogP) is 2.79. The number of thioether (sulfide) groups is 1. The molecular weight excluding hydrogens is 275 g/mol. The van der Waals surface area contributed by atoms with E-state index in [0.29, 0.717) is 12.6 Å². The summed E-state index contributed by atoms with van der Waals surface area (Å²) in [5.74, 6) is -0.0842. The number of amides is 1. The number of halogens is 1. The van der Waals surface area contributed by atoms with E-state index in [1.54, 1.807) is 23.9 Å². The summed E-state index contributed by atoms with van der Waals surface area (Å²) in [6, 6.07) is 6.84. The van der Waals surface area contributed by atoms with Crippen molar-refractivity contribution in [1.29, 1.82) is 0 Å². The monoisotopic (exact) mass is 296 g/mol. The maximum Gasteiger partial charge on any atom is 0.236 e. The van der Waals surface area contributed by atoms with Crippen molar-refractivity contribution in [1.82, 2.24) is 10.2 Å². The third-order valence-corrected chi connectivity index (χ3v) is 4.70. The average molecular weight is 296 g/mol. The number of nitrogens with zero attached hydrogens (tertiary/aromatic N) is 1. The number of carbonyl (C=O) groups is 1. The number of carbonyl (C=O) groups excluding carboxylic acids is 1. The van der Waals surface area contributed by atoms with Crippen molar-refractivity contribution in [3.8, 4) is 0 Å². The van der Waals surface area contributed by atoms with Gasteiger partial charge in [-0.05, 0) is 24.6 Å². The summed E-state index contributed by atoms with van der Waals surface area (Å²) < 4.78 is 13.0. The van der Waals surface area contributed by atoms with E-state index in [2.05, 4.69) is 19.2 Å². The van der Waals surface area contributed by atoms with Crippen LogP contribution in [-0.4, -0.2) is 35.2 Å². The molecule has 3 nitrogen and oxygen atoms in total. The van der Waals surface area contributed by atoms with Gasteiger partial charge in [0.25, 0.3) is 0 Å². The molecule has 1 aliphatic heterocycles. The largest absolute Gasteiger partial charge is 0.324 e. The highest BCUT2D eigenvalue weighted by molar-refractivity contribution is 8.01. The van der Waals surface area contributed by atoms with Crippen molar-refractivity contribution < 1.29 is 9.18 Å². The molecule has 0 bridgehead atoms. The Bertz CT molecular complexity index is 463. The number of hydrogen-bond acceptors (Lipinski definition) is 3. The number of hydrogen-bond donors (Lipinski definition) is 1. The highest BCUT2D eigenvalue weighted by atomic mass is 32.2. The molecule has 0 aliphatic carbocycles. The lowest BCUT2D eigenvalue weighted by Gasteiger charge is -2.24. The van der Waals surface area contributed by atoms with E-state index < -0.39 is 0 Å². The number of rotatable bonds is 5. The van der Waals surface area contributed by atoms with E-state index in [-0.39, 0.29) is 22.3 Å². The molecule has 1 aliphatic rings. The molecule has 0 radical (unpaired) electrons. The summed E-state index contributed by atoms with van der Waals surface area (Å²) in [6.07, 6.45) is 0. The summed E-state index contributed by atoms with van der Waals surface area (Å²) in [5.41, 5.74) is 0.985. The molecule has 1 heterocycles. The van der Waals surface area contributed by atoms with Crippen LogP contribution < -0.4 is 5.32 Å². The molecule has 1 saturated heterocycles. The van der Waals surface area contributed by atoms with Gasteiger partial charge in [0.05, 0.1) is 5.25 Å². The van der Waals surface area contributed by atoms with Gasteiger partial charge in [0.2, 0.25) is 5.91 Å². The minimum atomic E-state index is -0.246. The molecule has 1 aromatic carbocycles. The van der Waals surface area contributed by atoms with Gasteiger partial charge in [0.15, 0.2) is 0 Å². The average Bonchev–Trinajstić information content (AvgIpc) is 2.67. The Morgan fingerprint density at radius 2 is 2.00 bits per heavy atom. The highest BCUT2D eigenvalue weighted by Gasteiger charge is 2.37. The molecule has 0 aromatic heterocycles. The molecule has 2 rings (SSSR count). The highest BCUT2D eigenvalue weighted by Crippen LogP contribution is 2.42. The van der Waals surface area contributed by atoms with Gasteiger partial charge in [-0.3, -0.25) is 4.79 Å². The van der Waals surface area contributed by atoms with Crippen LogP contribution in [0.3, 0.4) is 0 Å². The molecular formula is C15H21FN2OS. The van der Waals surface area contributed by atoms with Crippen LogP contribution in [0.2, 0.25) is 0 Å². The van der Waals surface area contributed by atoms with Gasteiger partial charge in [-0.15, -0.1) is 11.8 Å². The van der Waals surface area contributed by atoms with Crippen LogP contribution in [0.4, 0.5) is 4.39 Å². The van der Waals surface area contributed by atoms with Crippen LogP contribution in [0.1, 0.15) is 31.7 Å². The van der Waals surface area contributed by atoms with E-state index >= 15 is 0 Å². The van der Waals surface area contributed by atoms with Crippen molar-refractivity contribution in [2.45, 2.75) is 37.4 Å². The van der Waals surface area contributed by atoms with Crippen LogP contribution in [0.5, 0.6) is 0 Å². The van der Waals surface area contributed by atoms with Crippen molar-refractivity contribution >= 4 is 17.7 Å². The molecule has 110 valence electrons. The van der Waals surface area contributed by atoms with E-state index in [1.807, 2.05) is 11.8 Å². The van der Waals surface area contributed by atoms with Crippen LogP contribution >= 0.6 is 11.8 Å². The van der Waals surface area contributed by atoms with Gasteiger partial charge in [0.1, 0.15) is 11.2 Å². The second-order valence-corrected chi connectivity index (χ2v) is 6.75. The van der Waals surface area contributed by atoms with E-state index in [1.165, 1.54) is 12.1 Å². The van der Waals surface area contributed by atoms with Gasteiger partial charge in [-0.1, -0.05) is 26.0 Å². The van der Waals surface area contributed by atoms with Gasteiger partial charge in [-0.25, -0.2) is 4.39 Å². The van der Waals surface area contributed by atoms with Crippen molar-refractivity contribution in [3.05, 3.63) is 35.6 Å². The van der Waals surface area contributed by atoms with Crippen molar-refractivity contribution in [2.75, 3.05) is 13.1 Å². The van der Waals surface area contributed by atoms with E-state index in [4.69, 9.17) is 0 Å². The predicted molar refractivity (Wildman–Crippen MR) is 81.0 cm³/mol. The normalized spacial score (nSPS) is 22.9. The van der Waals surface area contributed by atoms with Gasteiger partial charge in [0, 0.05) is 19.1 Å². The van der Waals surface area contributed by atoms with Crippen LogP contribution in [0, 0.1) is 5.82 Å². The standard InChI is InChI=1S/C15H21FN2OS/c1-10(2)17-8-9-18-14(19)11(3)20-15(18)12-4-6-13(16)7-5-12/h4-7,10-11,15,17H,8-9H2,1-3H3/t11-,15-/m0/s1. The summed E-state index contributed by atoms with van der Waals surface area (Å²) in [5, 5.41) is 3.28. The summed E-state index contributed by atoms with van der Waals surface area (Å²) in [7, 11) is 0. The Morgan fingerprint density at radius 1 is 1.35 bits per heavy atom. The van der Waals surface area contributed by atoms with Crippen molar-refractivity contribution in [2.24, 2.45) is 0 Å². The first-order chi connectivity index (χ1) is 9.49. The fourth-order valence-electron chi connectivity index (χ4n) is 2.26. The summed E-state index contributed by atoms with van der Waals surface area (Å²) >= 11 is 1.63. The van der Waals surface area contributed by atoms with Crippen LogP contribution in [0.25, 0.3) is 0 Å². The Kier molecular flexibility index (Phi) is 5.05. The Labute approximate surface area is 123 Å². The molecule has 2 atom stereocenters. The fraction of sp³-hybridized carbons (Fsp3) is 0.533. The zero-order valence-corrected chi connectivity index (χ0v) is 12.9. The second-order valence-electron chi connectivity index (χ2n) is 5.32. The molecule has 0 saturated carbocycles. The van der Waals surface area contributed by atoms with Gasteiger partial charge < -0.3 is 10.2 Å². The second kappa shape index (κ2) is 6.59. The minimum absolute atomic E-state index is 0.00735. The zero-order chi connectivity index (χ0) is 14.7. The first kappa shape index (κ1) is 15.3. The lowest BCUT2D eigenvalue weighted by atomic mass is 10.2. The molecule has 1 fully saturated rings. The van der Waals surface area contributed by atoms with Gasteiger partial charge >= 0.3 is 0 Å². The number of nitrogens with one attached hydrogen (secondary N) is 1. The SMILES string of the molecule is CC(C)NCCN1C(=O)[C@H](C)S[C@H]1c1ccc(F)cc1. The quantitative estimate of drug-likeness (QED) is 0.907. The molecule has 20 heavy (non-hydrogen) atoms. The molecule has 0 unspecified atom stereocenters. The van der Waals surface area contributed by atoms with Gasteiger partial charge in [-0.2, -0.15) is 0 Å². The molecule has 1 N–H and O–H groups in total. The third-order valence-electron chi connectivity index (χ3n) is 3.31. The Morgan fingerprint density at radius 3 is 2.60 bits per heavy atom.